The second-order valence-electron chi connectivity index (χ2n) is 5.70. The van der Waals surface area contributed by atoms with Crippen LogP contribution in [0.1, 0.15) is 25.3 Å². The average Bonchev–Trinajstić information content (AvgIpc) is 2.89. The number of anilines is 1. The SMILES string of the molecule is CCC(N)Cc1ccc(Cl)cc1N1CCC(COC)C1. The first-order valence-corrected chi connectivity index (χ1v) is 7.79. The third kappa shape index (κ3) is 3.87. The molecule has 0 radical (unpaired) electrons. The van der Waals surface area contributed by atoms with Crippen LogP contribution < -0.4 is 10.6 Å². The van der Waals surface area contributed by atoms with E-state index in [0.717, 1.165) is 37.6 Å². The monoisotopic (exact) mass is 296 g/mol. The van der Waals surface area contributed by atoms with E-state index in [0.29, 0.717) is 5.92 Å². The number of halogens is 1. The normalized spacial score (nSPS) is 20.4. The molecule has 0 aromatic heterocycles. The van der Waals surface area contributed by atoms with E-state index in [9.17, 15) is 0 Å². The van der Waals surface area contributed by atoms with Crippen molar-refractivity contribution in [3.8, 4) is 0 Å². The summed E-state index contributed by atoms with van der Waals surface area (Å²) < 4.78 is 5.27. The van der Waals surface area contributed by atoms with Crippen LogP contribution in [0, 0.1) is 5.92 Å². The minimum Gasteiger partial charge on any atom is -0.384 e. The summed E-state index contributed by atoms with van der Waals surface area (Å²) in [6, 6.07) is 6.38. The Kier molecular flexibility index (Phi) is 5.70. The van der Waals surface area contributed by atoms with Crippen molar-refractivity contribution in [3.63, 3.8) is 0 Å². The van der Waals surface area contributed by atoms with Crippen molar-refractivity contribution in [1.82, 2.24) is 0 Å². The van der Waals surface area contributed by atoms with Crippen molar-refractivity contribution in [3.05, 3.63) is 28.8 Å². The van der Waals surface area contributed by atoms with E-state index < -0.39 is 0 Å². The highest BCUT2D eigenvalue weighted by molar-refractivity contribution is 6.30. The number of nitrogens with zero attached hydrogens (tertiary/aromatic N) is 1. The largest absolute Gasteiger partial charge is 0.384 e. The number of ether oxygens (including phenoxy) is 1. The Hall–Kier alpha value is -0.770. The standard InChI is InChI=1S/C16H25ClN2O/c1-3-15(18)8-13-4-5-14(17)9-16(13)19-7-6-12(10-19)11-20-2/h4-5,9,12,15H,3,6-8,10-11,18H2,1-2H3. The van der Waals surface area contributed by atoms with Gasteiger partial charge in [-0.2, -0.15) is 0 Å². The smallest absolute Gasteiger partial charge is 0.0508 e. The highest BCUT2D eigenvalue weighted by atomic mass is 35.5. The Labute approximate surface area is 127 Å². The first-order chi connectivity index (χ1) is 9.63. The van der Waals surface area contributed by atoms with Crippen LogP contribution in [-0.4, -0.2) is 32.8 Å². The van der Waals surface area contributed by atoms with Gasteiger partial charge in [-0.05, 0) is 37.0 Å². The Morgan fingerprint density at radius 3 is 3.00 bits per heavy atom. The maximum absolute atomic E-state index is 6.18. The van der Waals surface area contributed by atoms with Gasteiger partial charge in [-0.15, -0.1) is 0 Å². The van der Waals surface area contributed by atoms with Crippen LogP contribution in [0.2, 0.25) is 5.02 Å². The fraction of sp³-hybridized carbons (Fsp3) is 0.625. The summed E-state index contributed by atoms with van der Waals surface area (Å²) >= 11 is 6.18. The summed E-state index contributed by atoms with van der Waals surface area (Å²) in [4.78, 5) is 2.42. The molecule has 20 heavy (non-hydrogen) atoms. The van der Waals surface area contributed by atoms with Crippen molar-refractivity contribution in [2.45, 2.75) is 32.2 Å². The zero-order chi connectivity index (χ0) is 14.5. The number of nitrogens with two attached hydrogens (primary N) is 1. The lowest BCUT2D eigenvalue weighted by Gasteiger charge is -2.23. The van der Waals surface area contributed by atoms with Gasteiger partial charge in [-0.1, -0.05) is 24.6 Å². The molecule has 1 aromatic rings. The molecule has 1 aromatic carbocycles. The Morgan fingerprint density at radius 1 is 1.50 bits per heavy atom. The molecule has 0 saturated carbocycles. The summed E-state index contributed by atoms with van der Waals surface area (Å²) in [5.41, 5.74) is 8.67. The summed E-state index contributed by atoms with van der Waals surface area (Å²) in [6.07, 6.45) is 3.09. The average molecular weight is 297 g/mol. The van der Waals surface area contributed by atoms with Gasteiger partial charge in [0.25, 0.3) is 0 Å². The summed E-state index contributed by atoms with van der Waals surface area (Å²) in [5, 5.41) is 0.795. The Morgan fingerprint density at radius 2 is 2.30 bits per heavy atom. The lowest BCUT2D eigenvalue weighted by molar-refractivity contribution is 0.161. The number of benzene rings is 1. The van der Waals surface area contributed by atoms with E-state index >= 15 is 0 Å². The fourth-order valence-corrected chi connectivity index (χ4v) is 3.02. The number of hydrogen-bond donors (Lipinski definition) is 1. The van der Waals surface area contributed by atoms with Gasteiger partial charge in [0, 0.05) is 42.9 Å². The van der Waals surface area contributed by atoms with Crippen LogP contribution in [0.4, 0.5) is 5.69 Å². The second kappa shape index (κ2) is 7.30. The van der Waals surface area contributed by atoms with Crippen molar-refractivity contribution in [2.24, 2.45) is 11.7 Å². The van der Waals surface area contributed by atoms with E-state index in [1.807, 2.05) is 6.07 Å². The summed E-state index contributed by atoms with van der Waals surface area (Å²) in [7, 11) is 1.77. The zero-order valence-electron chi connectivity index (χ0n) is 12.4. The van der Waals surface area contributed by atoms with Crippen molar-refractivity contribution in [2.75, 3.05) is 31.7 Å². The third-order valence-corrected chi connectivity index (χ3v) is 4.32. The minimum atomic E-state index is 0.215. The first-order valence-electron chi connectivity index (χ1n) is 7.42. The molecule has 1 aliphatic heterocycles. The van der Waals surface area contributed by atoms with Crippen LogP contribution in [0.15, 0.2) is 18.2 Å². The van der Waals surface area contributed by atoms with Crippen molar-refractivity contribution >= 4 is 17.3 Å². The molecule has 0 amide bonds. The Bertz CT molecular complexity index is 438. The van der Waals surface area contributed by atoms with Crippen LogP contribution >= 0.6 is 11.6 Å². The second-order valence-corrected chi connectivity index (χ2v) is 6.14. The molecule has 112 valence electrons. The summed E-state index contributed by atoms with van der Waals surface area (Å²) in [5.74, 6) is 0.617. The third-order valence-electron chi connectivity index (χ3n) is 4.08. The molecule has 2 unspecified atom stereocenters. The number of hydrogen-bond acceptors (Lipinski definition) is 3. The molecule has 2 N–H and O–H groups in total. The zero-order valence-corrected chi connectivity index (χ0v) is 13.2. The minimum absolute atomic E-state index is 0.215. The molecule has 3 nitrogen and oxygen atoms in total. The van der Waals surface area contributed by atoms with Crippen molar-refractivity contribution in [1.29, 1.82) is 0 Å². The molecule has 0 spiro atoms. The van der Waals surface area contributed by atoms with Gasteiger partial charge >= 0.3 is 0 Å². The van der Waals surface area contributed by atoms with E-state index in [1.54, 1.807) is 7.11 Å². The number of rotatable bonds is 6. The lowest BCUT2D eigenvalue weighted by Crippen LogP contribution is -2.26. The maximum Gasteiger partial charge on any atom is 0.0508 e. The molecule has 4 heteroatoms. The maximum atomic E-state index is 6.18. The highest BCUT2D eigenvalue weighted by Crippen LogP contribution is 2.30. The van der Waals surface area contributed by atoms with Gasteiger partial charge in [0.05, 0.1) is 6.61 Å². The molecule has 2 atom stereocenters. The molecule has 1 heterocycles. The van der Waals surface area contributed by atoms with Gasteiger partial charge < -0.3 is 15.4 Å². The van der Waals surface area contributed by atoms with Crippen LogP contribution in [0.25, 0.3) is 0 Å². The van der Waals surface area contributed by atoms with Gasteiger partial charge in [0.2, 0.25) is 0 Å². The molecular formula is C16H25ClN2O. The van der Waals surface area contributed by atoms with E-state index in [1.165, 1.54) is 17.7 Å². The first kappa shape index (κ1) is 15.6. The summed E-state index contributed by atoms with van der Waals surface area (Å²) in [6.45, 7) is 5.08. The van der Waals surface area contributed by atoms with Crippen LogP contribution in [0.5, 0.6) is 0 Å². The lowest BCUT2D eigenvalue weighted by atomic mass is 10.0. The van der Waals surface area contributed by atoms with Crippen LogP contribution in [-0.2, 0) is 11.2 Å². The van der Waals surface area contributed by atoms with Gasteiger partial charge in [0.15, 0.2) is 0 Å². The predicted molar refractivity (Wildman–Crippen MR) is 85.6 cm³/mol. The fourth-order valence-electron chi connectivity index (χ4n) is 2.85. The quantitative estimate of drug-likeness (QED) is 0.877. The molecule has 0 bridgehead atoms. The van der Waals surface area contributed by atoms with E-state index in [2.05, 4.69) is 24.0 Å². The molecular weight excluding hydrogens is 272 g/mol. The predicted octanol–water partition coefficient (Wildman–Crippen LogP) is 3.09. The van der Waals surface area contributed by atoms with E-state index in [-0.39, 0.29) is 6.04 Å². The molecule has 1 saturated heterocycles. The van der Waals surface area contributed by atoms with Gasteiger partial charge in [-0.3, -0.25) is 0 Å². The van der Waals surface area contributed by atoms with Crippen LogP contribution in [0.3, 0.4) is 0 Å². The molecule has 1 aliphatic rings. The number of methoxy groups -OCH3 is 1. The highest BCUT2D eigenvalue weighted by Gasteiger charge is 2.24. The topological polar surface area (TPSA) is 38.5 Å². The van der Waals surface area contributed by atoms with Gasteiger partial charge in [-0.25, -0.2) is 0 Å². The molecule has 1 fully saturated rings. The Balaban J connectivity index is 2.15. The van der Waals surface area contributed by atoms with Crippen molar-refractivity contribution < 1.29 is 4.74 Å². The van der Waals surface area contributed by atoms with E-state index in [4.69, 9.17) is 22.1 Å². The molecule has 0 aliphatic carbocycles. The van der Waals surface area contributed by atoms with Gasteiger partial charge in [0.1, 0.15) is 0 Å². The molecule has 2 rings (SSSR count).